The summed E-state index contributed by atoms with van der Waals surface area (Å²) in [6.45, 7) is -2.55. The van der Waals surface area contributed by atoms with Crippen LogP contribution in [0.2, 0.25) is 0 Å². The van der Waals surface area contributed by atoms with Gasteiger partial charge in [0, 0.05) is 10.0 Å². The Morgan fingerprint density at radius 1 is 1.60 bits per heavy atom. The fourth-order valence-electron chi connectivity index (χ4n) is 1.30. The second-order valence-electron chi connectivity index (χ2n) is 4.81. The highest BCUT2D eigenvalue weighted by molar-refractivity contribution is 5.71. The lowest BCUT2D eigenvalue weighted by Crippen LogP contribution is -2.25. The molecule has 5 heteroatoms. The van der Waals surface area contributed by atoms with Crippen molar-refractivity contribution < 1.29 is 37.8 Å². The van der Waals surface area contributed by atoms with Gasteiger partial charge in [0.25, 0.3) is 0 Å². The molecule has 0 aromatic heterocycles. The van der Waals surface area contributed by atoms with Crippen LogP contribution in [0.5, 0.6) is 11.5 Å². The van der Waals surface area contributed by atoms with E-state index in [0.29, 0.717) is 0 Å². The normalized spacial score (nSPS) is 27.8. The van der Waals surface area contributed by atoms with Crippen molar-refractivity contribution in [2.75, 3.05) is 13.3 Å². The third-order valence-corrected chi connectivity index (χ3v) is 2.02. The van der Waals surface area contributed by atoms with Crippen LogP contribution in [0.4, 0.5) is 0 Å². The SMILES string of the molecule is [2H]c1c([2H])c([C@@]([2H])(C([2H])([2H])O)C([2H])([2H])C(=O)OC(C)(C)C)c([2H])c2c1OC([2H])([2H])O2. The van der Waals surface area contributed by atoms with Crippen molar-refractivity contribution in [3.63, 3.8) is 0 Å². The Morgan fingerprint density at radius 3 is 2.95 bits per heavy atom. The van der Waals surface area contributed by atoms with Crippen LogP contribution in [-0.2, 0) is 9.53 Å². The fraction of sp³-hybridized carbons (Fsp3) is 0.533. The van der Waals surface area contributed by atoms with E-state index < -0.39 is 72.3 Å². The van der Waals surface area contributed by atoms with Gasteiger partial charge in [-0.25, -0.2) is 0 Å². The van der Waals surface area contributed by atoms with Gasteiger partial charge in [0.2, 0.25) is 6.75 Å². The summed E-state index contributed by atoms with van der Waals surface area (Å²) < 4.78 is 93.6. The maximum atomic E-state index is 12.5. The summed E-state index contributed by atoms with van der Waals surface area (Å²) in [6, 6.07) is -3.16. The quantitative estimate of drug-likeness (QED) is 0.861. The largest absolute Gasteiger partial charge is 0.460 e. The molecule has 1 atom stereocenters. The number of aliphatic hydroxyl groups is 1. The summed E-state index contributed by atoms with van der Waals surface area (Å²) in [4.78, 5) is 12.5. The molecule has 110 valence electrons. The summed E-state index contributed by atoms with van der Waals surface area (Å²) in [5.74, 6) is -6.91. The Bertz CT molecular complexity index is 890. The topological polar surface area (TPSA) is 65.0 Å². The Hall–Kier alpha value is -1.75. The van der Waals surface area contributed by atoms with E-state index in [9.17, 15) is 9.90 Å². The van der Waals surface area contributed by atoms with Gasteiger partial charge in [-0.3, -0.25) is 4.79 Å². The van der Waals surface area contributed by atoms with E-state index in [1.165, 1.54) is 20.8 Å². The molecule has 0 saturated carbocycles. The van der Waals surface area contributed by atoms with Gasteiger partial charge in [-0.05, 0) is 38.4 Å². The van der Waals surface area contributed by atoms with Crippen LogP contribution in [0.25, 0.3) is 0 Å². The molecule has 20 heavy (non-hydrogen) atoms. The molecule has 0 unspecified atom stereocenters. The molecule has 1 heterocycles. The van der Waals surface area contributed by atoms with Gasteiger partial charge < -0.3 is 19.3 Å². The number of carbonyl (C=O) groups excluding carboxylic acids is 1. The molecule has 5 nitrogen and oxygen atoms in total. The van der Waals surface area contributed by atoms with Gasteiger partial charge in [-0.2, -0.15) is 0 Å². The average molecular weight is 290 g/mol. The second kappa shape index (κ2) is 5.71. The molecular weight excluding hydrogens is 260 g/mol. The van der Waals surface area contributed by atoms with Gasteiger partial charge in [0.15, 0.2) is 11.5 Å². The van der Waals surface area contributed by atoms with Gasteiger partial charge in [-0.15, -0.1) is 0 Å². The van der Waals surface area contributed by atoms with Crippen molar-refractivity contribution in [2.45, 2.75) is 38.6 Å². The first-order valence-corrected chi connectivity index (χ1v) is 5.65. The molecule has 0 fully saturated rings. The first-order valence-electron chi connectivity index (χ1n) is 10.7. The predicted molar refractivity (Wildman–Crippen MR) is 72.9 cm³/mol. The average Bonchev–Trinajstić information content (AvgIpc) is 2.86. The third-order valence-electron chi connectivity index (χ3n) is 2.02. The molecule has 1 aliphatic rings. The van der Waals surface area contributed by atoms with Crippen molar-refractivity contribution in [3.8, 4) is 11.5 Å². The van der Waals surface area contributed by atoms with Crippen LogP contribution >= 0.6 is 0 Å². The zero-order valence-electron chi connectivity index (χ0n) is 21.1. The molecule has 0 spiro atoms. The lowest BCUT2D eigenvalue weighted by molar-refractivity contribution is -0.155. The molecule has 0 radical (unpaired) electrons. The van der Waals surface area contributed by atoms with E-state index in [2.05, 4.69) is 0 Å². The summed E-state index contributed by atoms with van der Waals surface area (Å²) >= 11 is 0. The summed E-state index contributed by atoms with van der Waals surface area (Å²) in [6.07, 6.45) is -3.66. The smallest absolute Gasteiger partial charge is 0.307 e. The molecular formula is C15H20O5. The Morgan fingerprint density at radius 2 is 2.30 bits per heavy atom. The van der Waals surface area contributed by atoms with Crippen molar-refractivity contribution in [2.24, 2.45) is 0 Å². The third kappa shape index (κ3) is 3.63. The highest BCUT2D eigenvalue weighted by Crippen LogP contribution is 2.35. The molecule has 1 aromatic rings. The van der Waals surface area contributed by atoms with E-state index in [-0.39, 0.29) is 0 Å². The molecule has 2 rings (SSSR count). The van der Waals surface area contributed by atoms with Crippen molar-refractivity contribution in [1.29, 1.82) is 0 Å². The summed E-state index contributed by atoms with van der Waals surface area (Å²) in [5, 5.41) is 10.1. The van der Waals surface area contributed by atoms with Crippen LogP contribution < -0.4 is 9.47 Å². The lowest BCUT2D eigenvalue weighted by atomic mass is 9.96. The molecule has 1 aromatic carbocycles. The predicted octanol–water partition coefficient (Wildman–Crippen LogP) is 2.22. The molecule has 1 aliphatic heterocycles. The number of esters is 1. The monoisotopic (exact) mass is 290 g/mol. The van der Waals surface area contributed by atoms with Gasteiger partial charge in [0.05, 0.1) is 19.8 Å². The first kappa shape index (κ1) is 6.35. The summed E-state index contributed by atoms with van der Waals surface area (Å²) in [5.41, 5.74) is -2.47. The Kier molecular flexibility index (Phi) is 1.81. The number of fused-ring (bicyclic) bond motifs is 1. The zero-order valence-corrected chi connectivity index (χ0v) is 11.1. The van der Waals surface area contributed by atoms with Crippen LogP contribution in [0.15, 0.2) is 18.1 Å². The maximum absolute atomic E-state index is 12.5. The number of rotatable bonds is 4. The Balaban J connectivity index is 2.86. The minimum atomic E-state index is -3.86. The van der Waals surface area contributed by atoms with Gasteiger partial charge >= 0.3 is 5.97 Å². The number of benzene rings is 1. The van der Waals surface area contributed by atoms with E-state index in [1.54, 1.807) is 0 Å². The number of hydrogen-bond acceptors (Lipinski definition) is 5. The lowest BCUT2D eigenvalue weighted by Gasteiger charge is -2.21. The van der Waals surface area contributed by atoms with Crippen molar-refractivity contribution >= 4 is 5.97 Å². The zero-order chi connectivity index (χ0) is 23.7. The number of hydrogen-bond donors (Lipinski definition) is 1. The Labute approximate surface area is 132 Å². The summed E-state index contributed by atoms with van der Waals surface area (Å²) in [7, 11) is 0. The highest BCUT2D eigenvalue weighted by Gasteiger charge is 2.23. The van der Waals surface area contributed by atoms with E-state index in [1.807, 2.05) is 0 Å². The number of carbonyl (C=O) groups is 1. The van der Waals surface area contributed by atoms with Gasteiger partial charge in [-0.1, -0.05) is 6.04 Å². The van der Waals surface area contributed by atoms with Crippen LogP contribution in [0.3, 0.4) is 0 Å². The fourth-order valence-corrected chi connectivity index (χ4v) is 1.30. The molecule has 0 aliphatic carbocycles. The van der Waals surface area contributed by atoms with Gasteiger partial charge in [0.1, 0.15) is 8.34 Å². The first-order chi connectivity index (χ1) is 13.2. The molecule has 0 bridgehead atoms. The van der Waals surface area contributed by atoms with Crippen molar-refractivity contribution in [3.05, 3.63) is 23.7 Å². The minimum Gasteiger partial charge on any atom is -0.460 e. The highest BCUT2D eigenvalue weighted by atomic mass is 16.7. The second-order valence-corrected chi connectivity index (χ2v) is 4.81. The molecule has 1 N–H and O–H groups in total. The molecule has 0 saturated heterocycles. The standard InChI is InChI=1S/C15H20O5/c1-15(2,3)20-14(17)7-11(8-16)10-4-5-12-13(6-10)19-9-18-12/h4-6,11,16H,7-9H2,1-3H3/t11-/m1/s1/i4D,5D,6D,7D2,8D2,9D2,11D. The van der Waals surface area contributed by atoms with Crippen LogP contribution in [-0.4, -0.2) is 30.0 Å². The molecule has 0 amide bonds. The maximum Gasteiger partial charge on any atom is 0.307 e. The van der Waals surface area contributed by atoms with E-state index in [0.717, 1.165) is 0 Å². The van der Waals surface area contributed by atoms with Crippen LogP contribution in [0, 0.1) is 0 Å². The van der Waals surface area contributed by atoms with Crippen LogP contribution in [0.1, 0.15) is 52.3 Å². The van der Waals surface area contributed by atoms with E-state index in [4.69, 9.17) is 27.9 Å². The minimum absolute atomic E-state index is 0.683. The van der Waals surface area contributed by atoms with Crippen molar-refractivity contribution in [1.82, 2.24) is 0 Å². The van der Waals surface area contributed by atoms with E-state index >= 15 is 0 Å². The number of ether oxygens (including phenoxy) is 3.